The Morgan fingerprint density at radius 3 is 2.22 bits per heavy atom. The van der Waals surface area contributed by atoms with Crippen LogP contribution in [0.4, 0.5) is 5.69 Å². The molecule has 1 aliphatic heterocycles. The number of rotatable bonds is 8. The number of nitrogens with zero attached hydrogens (tertiary/aromatic N) is 1. The van der Waals surface area contributed by atoms with E-state index in [1.807, 2.05) is 42.5 Å². The third-order valence-corrected chi connectivity index (χ3v) is 7.08. The zero-order valence-corrected chi connectivity index (χ0v) is 19.7. The molecule has 2 N–H and O–H groups in total. The molecule has 1 unspecified atom stereocenters. The third-order valence-electron chi connectivity index (χ3n) is 4.43. The molecule has 3 rings (SSSR count). The van der Waals surface area contributed by atoms with Crippen LogP contribution in [-0.2, 0) is 3.74 Å². The number of hydrogen-bond donors (Lipinski definition) is 2. The molecule has 13 heteroatoms. The van der Waals surface area contributed by atoms with Gasteiger partial charge in [0.2, 0.25) is 0 Å². The van der Waals surface area contributed by atoms with Gasteiger partial charge in [0.15, 0.2) is 0 Å². The van der Waals surface area contributed by atoms with E-state index in [1.54, 1.807) is 6.07 Å². The molecule has 0 fully saturated rings. The van der Waals surface area contributed by atoms with Crippen LogP contribution in [0.3, 0.4) is 0 Å². The predicted molar refractivity (Wildman–Crippen MR) is 100 cm³/mol. The van der Waals surface area contributed by atoms with E-state index in [2.05, 4.69) is 24.1 Å². The first-order valence-corrected chi connectivity index (χ1v) is 13.1. The van der Waals surface area contributed by atoms with Gasteiger partial charge >= 0.3 is 0 Å². The van der Waals surface area contributed by atoms with Crippen LogP contribution in [0.1, 0.15) is 19.4 Å². The topological polar surface area (TPSA) is 183 Å². The molecular weight excluding hydrogens is 487 g/mol. The second-order valence-electron chi connectivity index (χ2n) is 6.49. The number of fused-ring (bicyclic) bond motifs is 2. The van der Waals surface area contributed by atoms with Crippen molar-refractivity contribution in [3.8, 4) is 0 Å². The zero-order valence-electron chi connectivity index (χ0n) is 17.4. The molecule has 2 aromatic carbocycles. The van der Waals surface area contributed by atoms with Crippen LogP contribution < -0.4 is 38.5 Å². The third kappa shape index (κ3) is 8.90. The molecule has 178 valence electrons. The highest BCUT2D eigenvalue weighted by Gasteiger charge is 2.27. The zero-order chi connectivity index (χ0) is 23.9. The second kappa shape index (κ2) is 11.7. The number of likely N-dealkylation sites (N-methyl/N-ethyl adjacent to an activating group) is 1. The fraction of sp³-hybridized carbons (Fsp3) is 0.316. The molecule has 0 amide bonds. The SMILES string of the molecule is CCN(CC)CCNc1ccc2c(c1)=S(O[Cl+3]([O-])([O-])[O-])c1ccccc1C=2.[O-][Cl+3]([O-])([O-])O. The lowest BCUT2D eigenvalue weighted by molar-refractivity contribution is -1.92. The van der Waals surface area contributed by atoms with Gasteiger partial charge in [-0.3, -0.25) is 0 Å². The lowest BCUT2D eigenvalue weighted by atomic mass is 10.1. The summed E-state index contributed by atoms with van der Waals surface area (Å²) in [7, 11) is -10.5. The Hall–Kier alpha value is -1.32. The van der Waals surface area contributed by atoms with Crippen LogP contribution in [0.15, 0.2) is 47.4 Å². The lowest BCUT2D eigenvalue weighted by Gasteiger charge is -2.19. The Bertz CT molecular complexity index is 1020. The van der Waals surface area contributed by atoms with Crippen LogP contribution in [0, 0.1) is 25.0 Å². The van der Waals surface area contributed by atoms with Crippen LogP contribution in [0.2, 0.25) is 0 Å². The summed E-state index contributed by atoms with van der Waals surface area (Å²) < 4.78 is 72.2. The van der Waals surface area contributed by atoms with Crippen LogP contribution in [0.5, 0.6) is 0 Å². The first-order valence-electron chi connectivity index (χ1n) is 9.43. The van der Waals surface area contributed by atoms with Crippen LogP contribution in [0.25, 0.3) is 6.08 Å². The van der Waals surface area contributed by atoms with Gasteiger partial charge < -0.3 is 10.2 Å². The lowest BCUT2D eigenvalue weighted by Crippen LogP contribution is -2.60. The Labute approximate surface area is 192 Å². The first kappa shape index (κ1) is 26.9. The van der Waals surface area contributed by atoms with Crippen LogP contribution >= 0.6 is 10.8 Å². The highest BCUT2D eigenvalue weighted by Crippen LogP contribution is 2.37. The van der Waals surface area contributed by atoms with Gasteiger partial charge in [-0.25, -0.2) is 0 Å². The number of hydrogen-bond acceptors (Lipinski definition) is 10. The quantitative estimate of drug-likeness (QED) is 0.330. The van der Waals surface area contributed by atoms with Crippen molar-refractivity contribution in [1.29, 1.82) is 0 Å². The molecule has 0 saturated heterocycles. The monoisotopic (exact) mass is 510 g/mol. The minimum Gasteiger partial charge on any atom is -0.384 e. The smallest absolute Gasteiger partial charge is 0.148 e. The van der Waals surface area contributed by atoms with Crippen molar-refractivity contribution in [3.05, 3.63) is 57.8 Å². The van der Waals surface area contributed by atoms with Gasteiger partial charge in [-0.15, -0.1) is 0 Å². The summed E-state index contributed by atoms with van der Waals surface area (Å²) in [6.45, 7) is 7.92. The van der Waals surface area contributed by atoms with Gasteiger partial charge in [0.05, 0.1) is 34.6 Å². The summed E-state index contributed by atoms with van der Waals surface area (Å²) in [4.78, 5) is 3.00. The fourth-order valence-corrected chi connectivity index (χ4v) is 5.54. The van der Waals surface area contributed by atoms with Crippen molar-refractivity contribution in [1.82, 2.24) is 4.90 Å². The molecule has 0 aromatic heterocycles. The second-order valence-corrected chi connectivity index (χ2v) is 9.96. The van der Waals surface area contributed by atoms with E-state index in [0.29, 0.717) is 9.41 Å². The maximum absolute atomic E-state index is 11.3. The normalized spacial score (nSPS) is 15.2. The van der Waals surface area contributed by atoms with E-state index in [4.69, 9.17) is 22.4 Å². The maximum Gasteiger partial charge on any atom is 0.148 e. The minimum absolute atomic E-state index is 0.688. The van der Waals surface area contributed by atoms with E-state index < -0.39 is 31.3 Å². The molecule has 0 saturated carbocycles. The Morgan fingerprint density at radius 2 is 1.62 bits per heavy atom. The maximum atomic E-state index is 11.3. The largest absolute Gasteiger partial charge is 0.384 e. The standard InChI is InChI=1S/C19H23ClN2O4S.ClHO4/c1-3-22(4-2)12-11-21-17-10-9-16-13-15-7-5-6-8-18(15)27(19(16)14-17)26-20(23,24)25;2-1(3,4)5/h5-10,13-14,21H,3-4,11-12H2,1-2H3;(H,2,3,4,5). The Kier molecular flexibility index (Phi) is 9.85. The highest BCUT2D eigenvalue weighted by molar-refractivity contribution is 8.05. The highest BCUT2D eigenvalue weighted by atomic mass is 35.7. The number of nitrogens with one attached hydrogen (secondary N) is 1. The molecule has 1 aliphatic rings. The van der Waals surface area contributed by atoms with Gasteiger partial charge in [-0.05, 0) is 48.1 Å². The molecule has 0 bridgehead atoms. The van der Waals surface area contributed by atoms with Gasteiger partial charge in [0.1, 0.15) is 14.5 Å². The average molecular weight is 511 g/mol. The summed E-state index contributed by atoms with van der Waals surface area (Å²) in [6, 6.07) is 13.1. The molecule has 1 heterocycles. The molecule has 2 aromatic rings. The summed E-state index contributed by atoms with van der Waals surface area (Å²) in [5.41, 5.74) is 1.73. The molecule has 0 spiro atoms. The van der Waals surface area contributed by atoms with Gasteiger partial charge in [-0.1, -0.05) is 38.1 Å². The van der Waals surface area contributed by atoms with E-state index in [9.17, 15) is 14.0 Å². The van der Waals surface area contributed by atoms with Crippen molar-refractivity contribution in [2.24, 2.45) is 0 Å². The number of anilines is 1. The van der Waals surface area contributed by atoms with E-state index in [1.165, 1.54) is 0 Å². The fourth-order valence-electron chi connectivity index (χ4n) is 3.02. The summed E-state index contributed by atoms with van der Waals surface area (Å²) >= 11 is 0. The number of halogens is 2. The summed E-state index contributed by atoms with van der Waals surface area (Å²) in [6.07, 6.45) is 1.98. The first-order chi connectivity index (χ1) is 14.9. The molecule has 1 atom stereocenters. The van der Waals surface area contributed by atoms with Gasteiger partial charge in [-0.2, -0.15) is 28.0 Å². The molecule has 0 radical (unpaired) electrons. The van der Waals surface area contributed by atoms with E-state index in [-0.39, 0.29) is 0 Å². The van der Waals surface area contributed by atoms with Gasteiger partial charge in [0.25, 0.3) is 0 Å². The molecule has 32 heavy (non-hydrogen) atoms. The van der Waals surface area contributed by atoms with Crippen LogP contribution in [-0.4, -0.2) is 35.7 Å². The molecule has 10 nitrogen and oxygen atoms in total. The van der Waals surface area contributed by atoms with Crippen molar-refractivity contribution in [2.75, 3.05) is 31.5 Å². The Morgan fingerprint density at radius 1 is 1.00 bits per heavy atom. The van der Waals surface area contributed by atoms with Crippen molar-refractivity contribution in [3.63, 3.8) is 0 Å². The Balaban J connectivity index is 0.000000654. The van der Waals surface area contributed by atoms with E-state index >= 15 is 0 Å². The van der Waals surface area contributed by atoms with Crippen molar-refractivity contribution >= 4 is 22.5 Å². The number of benzene rings is 2. The van der Waals surface area contributed by atoms with Crippen molar-refractivity contribution < 1.29 is 56.8 Å². The summed E-state index contributed by atoms with van der Waals surface area (Å²) in [5.74, 6) is 0. The van der Waals surface area contributed by atoms with E-state index in [0.717, 1.165) is 42.6 Å². The predicted octanol–water partition coefficient (Wildman–Crippen LogP) is -4.13. The molecule has 0 aliphatic carbocycles. The average Bonchev–Trinajstić information content (AvgIpc) is 2.69. The van der Waals surface area contributed by atoms with Gasteiger partial charge in [0, 0.05) is 18.8 Å². The summed E-state index contributed by atoms with van der Waals surface area (Å²) in [5, 5.41) is 4.22. The molecular formula is C19H24Cl2N2O8S. The van der Waals surface area contributed by atoms with Crippen molar-refractivity contribution in [2.45, 2.75) is 18.7 Å². The minimum atomic E-state index is -4.69.